The molecule has 4 heteroatoms. The average Bonchev–Trinajstić information content (AvgIpc) is 2.28. The first kappa shape index (κ1) is 12.7. The van der Waals surface area contributed by atoms with Crippen molar-refractivity contribution >= 4 is 5.95 Å². The third-order valence-corrected chi connectivity index (χ3v) is 2.35. The summed E-state index contributed by atoms with van der Waals surface area (Å²) in [5, 5.41) is 3.22. The summed E-state index contributed by atoms with van der Waals surface area (Å²) >= 11 is 0. The van der Waals surface area contributed by atoms with E-state index < -0.39 is 0 Å². The minimum absolute atomic E-state index is 0.614. The van der Waals surface area contributed by atoms with E-state index in [1.165, 1.54) is 19.3 Å². The predicted octanol–water partition coefficient (Wildman–Crippen LogP) is 2.79. The van der Waals surface area contributed by atoms with E-state index in [2.05, 4.69) is 22.2 Å². The number of nitrogens with one attached hydrogen (secondary N) is 1. The summed E-state index contributed by atoms with van der Waals surface area (Å²) in [5.41, 5.74) is 0.919. The van der Waals surface area contributed by atoms with Crippen LogP contribution in [0.25, 0.3) is 0 Å². The summed E-state index contributed by atoms with van der Waals surface area (Å²) < 4.78 is 5.09. The Morgan fingerprint density at radius 1 is 1.25 bits per heavy atom. The van der Waals surface area contributed by atoms with Crippen LogP contribution in [0.15, 0.2) is 6.07 Å². The van der Waals surface area contributed by atoms with Crippen LogP contribution in [0.4, 0.5) is 5.95 Å². The molecule has 0 fully saturated rings. The number of anilines is 1. The molecule has 4 nitrogen and oxygen atoms in total. The van der Waals surface area contributed by atoms with E-state index in [1.807, 2.05) is 13.0 Å². The van der Waals surface area contributed by atoms with Gasteiger partial charge in [0.25, 0.3) is 0 Å². The van der Waals surface area contributed by atoms with E-state index in [4.69, 9.17) is 4.74 Å². The van der Waals surface area contributed by atoms with Gasteiger partial charge in [0.15, 0.2) is 0 Å². The third kappa shape index (κ3) is 4.47. The quantitative estimate of drug-likeness (QED) is 0.722. The molecule has 1 aromatic rings. The molecule has 0 atom stereocenters. The molecule has 90 valence electrons. The molecule has 0 unspecified atom stereocenters. The molecule has 0 aliphatic heterocycles. The minimum atomic E-state index is 0.614. The highest BCUT2D eigenvalue weighted by molar-refractivity contribution is 5.30. The van der Waals surface area contributed by atoms with Gasteiger partial charge in [-0.05, 0) is 13.3 Å². The van der Waals surface area contributed by atoms with E-state index in [1.54, 1.807) is 7.11 Å². The second-order valence-corrected chi connectivity index (χ2v) is 3.86. The largest absolute Gasteiger partial charge is 0.481 e. The molecule has 1 N–H and O–H groups in total. The molecule has 0 aliphatic carbocycles. The molecule has 0 radical (unpaired) electrons. The number of aryl methyl sites for hydroxylation is 1. The zero-order chi connectivity index (χ0) is 11.8. The van der Waals surface area contributed by atoms with Gasteiger partial charge in [-0.15, -0.1) is 0 Å². The molecule has 0 saturated heterocycles. The summed E-state index contributed by atoms with van der Waals surface area (Å²) in [7, 11) is 1.62. The lowest BCUT2D eigenvalue weighted by Crippen LogP contribution is -2.06. The van der Waals surface area contributed by atoms with Crippen LogP contribution in [0, 0.1) is 6.92 Å². The smallest absolute Gasteiger partial charge is 0.226 e. The van der Waals surface area contributed by atoms with E-state index in [0.29, 0.717) is 11.8 Å². The van der Waals surface area contributed by atoms with Crippen molar-refractivity contribution in [3.8, 4) is 5.88 Å². The highest BCUT2D eigenvalue weighted by atomic mass is 16.5. The SMILES string of the molecule is CCCCCCNc1nc(C)cc(OC)n1. The van der Waals surface area contributed by atoms with Crippen LogP contribution in [0.2, 0.25) is 0 Å². The molecule has 1 rings (SSSR count). The van der Waals surface area contributed by atoms with Gasteiger partial charge in [-0.3, -0.25) is 0 Å². The van der Waals surface area contributed by atoms with Crippen LogP contribution in [0.1, 0.15) is 38.3 Å². The Morgan fingerprint density at radius 3 is 2.75 bits per heavy atom. The number of rotatable bonds is 7. The van der Waals surface area contributed by atoms with Crippen LogP contribution in [0.5, 0.6) is 5.88 Å². The van der Waals surface area contributed by atoms with Crippen molar-refractivity contribution in [2.45, 2.75) is 39.5 Å². The summed E-state index contributed by atoms with van der Waals surface area (Å²) in [4.78, 5) is 8.52. The molecule has 0 bridgehead atoms. The molecule has 1 heterocycles. The molecular weight excluding hydrogens is 202 g/mol. The molecule has 0 spiro atoms. The lowest BCUT2D eigenvalue weighted by molar-refractivity contribution is 0.397. The Morgan fingerprint density at radius 2 is 2.06 bits per heavy atom. The van der Waals surface area contributed by atoms with Gasteiger partial charge in [0.2, 0.25) is 11.8 Å². The van der Waals surface area contributed by atoms with E-state index in [-0.39, 0.29) is 0 Å². The number of unbranched alkanes of at least 4 members (excludes halogenated alkanes) is 3. The van der Waals surface area contributed by atoms with Crippen LogP contribution >= 0.6 is 0 Å². The number of hydrogen-bond donors (Lipinski definition) is 1. The van der Waals surface area contributed by atoms with Crippen molar-refractivity contribution in [2.75, 3.05) is 19.0 Å². The maximum absolute atomic E-state index is 5.09. The Kier molecular flexibility index (Phi) is 5.61. The van der Waals surface area contributed by atoms with Crippen LogP contribution < -0.4 is 10.1 Å². The summed E-state index contributed by atoms with van der Waals surface area (Å²) in [6.07, 6.45) is 4.97. The van der Waals surface area contributed by atoms with Crippen LogP contribution in [0.3, 0.4) is 0 Å². The van der Waals surface area contributed by atoms with E-state index in [0.717, 1.165) is 18.7 Å². The van der Waals surface area contributed by atoms with Gasteiger partial charge in [0.05, 0.1) is 7.11 Å². The van der Waals surface area contributed by atoms with Gasteiger partial charge in [0, 0.05) is 18.3 Å². The van der Waals surface area contributed by atoms with Crippen LogP contribution in [-0.4, -0.2) is 23.6 Å². The van der Waals surface area contributed by atoms with Gasteiger partial charge in [-0.1, -0.05) is 26.2 Å². The highest BCUT2D eigenvalue weighted by Gasteiger charge is 2.00. The average molecular weight is 223 g/mol. The summed E-state index contributed by atoms with van der Waals surface area (Å²) in [5.74, 6) is 1.27. The second-order valence-electron chi connectivity index (χ2n) is 3.86. The molecule has 1 aromatic heterocycles. The highest BCUT2D eigenvalue weighted by Crippen LogP contribution is 2.11. The normalized spacial score (nSPS) is 10.2. The topological polar surface area (TPSA) is 47.0 Å². The maximum Gasteiger partial charge on any atom is 0.226 e. The van der Waals surface area contributed by atoms with Gasteiger partial charge < -0.3 is 10.1 Å². The Bertz CT molecular complexity index is 315. The first-order valence-corrected chi connectivity index (χ1v) is 5.89. The second kappa shape index (κ2) is 7.04. The standard InChI is InChI=1S/C12H21N3O/c1-4-5-6-7-8-13-12-14-10(2)9-11(15-12)16-3/h9H,4-8H2,1-3H3,(H,13,14,15). The van der Waals surface area contributed by atoms with Crippen molar-refractivity contribution in [2.24, 2.45) is 0 Å². The van der Waals surface area contributed by atoms with Crippen molar-refractivity contribution in [1.82, 2.24) is 9.97 Å². The lowest BCUT2D eigenvalue weighted by Gasteiger charge is -2.07. The number of nitrogens with zero attached hydrogens (tertiary/aromatic N) is 2. The summed E-state index contributed by atoms with van der Waals surface area (Å²) in [6, 6.07) is 1.82. The fraction of sp³-hybridized carbons (Fsp3) is 0.667. The fourth-order valence-electron chi connectivity index (χ4n) is 1.48. The Balaban J connectivity index is 2.38. The number of methoxy groups -OCH3 is 1. The molecular formula is C12H21N3O. The van der Waals surface area contributed by atoms with Gasteiger partial charge in [-0.25, -0.2) is 4.98 Å². The van der Waals surface area contributed by atoms with Crippen molar-refractivity contribution in [3.63, 3.8) is 0 Å². The number of hydrogen-bond acceptors (Lipinski definition) is 4. The lowest BCUT2D eigenvalue weighted by atomic mass is 10.2. The van der Waals surface area contributed by atoms with Crippen LogP contribution in [-0.2, 0) is 0 Å². The third-order valence-electron chi connectivity index (χ3n) is 2.35. The number of aromatic nitrogens is 2. The first-order valence-electron chi connectivity index (χ1n) is 5.89. The zero-order valence-corrected chi connectivity index (χ0v) is 10.4. The Hall–Kier alpha value is -1.32. The van der Waals surface area contributed by atoms with Crippen molar-refractivity contribution in [1.29, 1.82) is 0 Å². The minimum Gasteiger partial charge on any atom is -0.481 e. The molecule has 16 heavy (non-hydrogen) atoms. The summed E-state index contributed by atoms with van der Waals surface area (Å²) in [6.45, 7) is 5.07. The first-order chi connectivity index (χ1) is 7.76. The van der Waals surface area contributed by atoms with E-state index in [9.17, 15) is 0 Å². The molecule has 0 amide bonds. The Labute approximate surface area is 97.5 Å². The van der Waals surface area contributed by atoms with Gasteiger partial charge >= 0.3 is 0 Å². The molecule has 0 aliphatic rings. The molecule has 0 saturated carbocycles. The van der Waals surface area contributed by atoms with Gasteiger partial charge in [-0.2, -0.15) is 4.98 Å². The fourth-order valence-corrected chi connectivity index (χ4v) is 1.48. The monoisotopic (exact) mass is 223 g/mol. The molecule has 0 aromatic carbocycles. The van der Waals surface area contributed by atoms with Crippen molar-refractivity contribution in [3.05, 3.63) is 11.8 Å². The number of ether oxygens (including phenoxy) is 1. The zero-order valence-electron chi connectivity index (χ0n) is 10.4. The maximum atomic E-state index is 5.09. The van der Waals surface area contributed by atoms with E-state index >= 15 is 0 Å². The predicted molar refractivity (Wildman–Crippen MR) is 66.0 cm³/mol. The van der Waals surface area contributed by atoms with Crippen molar-refractivity contribution < 1.29 is 4.74 Å². The van der Waals surface area contributed by atoms with Gasteiger partial charge in [0.1, 0.15) is 0 Å².